The number of benzene rings is 2. The minimum absolute atomic E-state index is 0.142. The number of halogens is 1. The number of nitrogens with one attached hydrogen (secondary N) is 2. The molecule has 4 rings (SSSR count). The third-order valence-corrected chi connectivity index (χ3v) is 5.38. The van der Waals surface area contributed by atoms with Crippen molar-refractivity contribution in [2.24, 2.45) is 0 Å². The van der Waals surface area contributed by atoms with Gasteiger partial charge in [-0.15, -0.1) is 0 Å². The summed E-state index contributed by atoms with van der Waals surface area (Å²) in [5.74, 6) is -0.826. The van der Waals surface area contributed by atoms with Crippen molar-refractivity contribution in [3.8, 4) is 0 Å². The number of fused-ring (bicyclic) bond motifs is 1. The molecule has 0 spiro atoms. The van der Waals surface area contributed by atoms with Crippen LogP contribution in [-0.2, 0) is 14.3 Å². The van der Waals surface area contributed by atoms with Crippen LogP contribution in [0.5, 0.6) is 0 Å². The van der Waals surface area contributed by atoms with Gasteiger partial charge >= 0.3 is 0 Å². The van der Waals surface area contributed by atoms with E-state index in [9.17, 15) is 9.59 Å². The number of hydrogen-bond donors (Lipinski definition) is 2. The van der Waals surface area contributed by atoms with Crippen LogP contribution >= 0.6 is 15.9 Å². The van der Waals surface area contributed by atoms with Gasteiger partial charge in [0.05, 0.1) is 30.5 Å². The molecule has 2 heterocycles. The first kappa shape index (κ1) is 18.0. The fourth-order valence-electron chi connectivity index (χ4n) is 3.55. The molecule has 2 aromatic carbocycles. The standard InChI is InChI=1S/C20H20BrN3O3/c21-13-5-6-18(24-7-9-27-10-8-24)17(11-13)23-20(26)15-12-19(25)22-16-4-2-1-3-14(15)16/h1-6,11,15H,7-10,12H2,(H,22,25)(H,23,26). The number of rotatable bonds is 3. The highest BCUT2D eigenvalue weighted by Gasteiger charge is 2.31. The first-order valence-corrected chi connectivity index (χ1v) is 9.73. The molecule has 140 valence electrons. The van der Waals surface area contributed by atoms with Crippen molar-refractivity contribution in [3.63, 3.8) is 0 Å². The van der Waals surface area contributed by atoms with Gasteiger partial charge in [-0.05, 0) is 29.8 Å². The molecule has 1 unspecified atom stereocenters. The van der Waals surface area contributed by atoms with Gasteiger partial charge in [-0.3, -0.25) is 9.59 Å². The van der Waals surface area contributed by atoms with Gasteiger partial charge in [0.2, 0.25) is 11.8 Å². The minimum atomic E-state index is -0.508. The van der Waals surface area contributed by atoms with Crippen LogP contribution in [0.2, 0.25) is 0 Å². The Balaban J connectivity index is 1.62. The molecule has 6 nitrogen and oxygen atoms in total. The third-order valence-electron chi connectivity index (χ3n) is 4.88. The van der Waals surface area contributed by atoms with Gasteiger partial charge in [-0.1, -0.05) is 34.1 Å². The van der Waals surface area contributed by atoms with Crippen molar-refractivity contribution < 1.29 is 14.3 Å². The number of hydrogen-bond acceptors (Lipinski definition) is 4. The second-order valence-electron chi connectivity index (χ2n) is 6.64. The summed E-state index contributed by atoms with van der Waals surface area (Å²) in [6.45, 7) is 2.89. The number of nitrogens with zero attached hydrogens (tertiary/aromatic N) is 1. The van der Waals surface area contributed by atoms with E-state index in [1.807, 2.05) is 42.5 Å². The van der Waals surface area contributed by atoms with Crippen molar-refractivity contribution in [2.75, 3.05) is 41.8 Å². The minimum Gasteiger partial charge on any atom is -0.378 e. The number of anilines is 3. The van der Waals surface area contributed by atoms with Gasteiger partial charge in [-0.25, -0.2) is 0 Å². The SMILES string of the molecule is O=C1CC(C(=O)Nc2cc(Br)ccc2N2CCOCC2)c2ccccc2N1. The number of morpholine rings is 1. The summed E-state index contributed by atoms with van der Waals surface area (Å²) in [6.07, 6.45) is 0.143. The molecule has 27 heavy (non-hydrogen) atoms. The zero-order valence-corrected chi connectivity index (χ0v) is 16.3. The summed E-state index contributed by atoms with van der Waals surface area (Å²) in [7, 11) is 0. The van der Waals surface area contributed by atoms with Crippen molar-refractivity contribution in [3.05, 3.63) is 52.5 Å². The Morgan fingerprint density at radius 2 is 1.96 bits per heavy atom. The van der Waals surface area contributed by atoms with Crippen LogP contribution in [0.1, 0.15) is 17.9 Å². The van der Waals surface area contributed by atoms with E-state index in [0.717, 1.165) is 34.5 Å². The maximum atomic E-state index is 13.1. The quantitative estimate of drug-likeness (QED) is 0.784. The van der Waals surface area contributed by atoms with Crippen LogP contribution in [-0.4, -0.2) is 38.1 Å². The summed E-state index contributed by atoms with van der Waals surface area (Å²) < 4.78 is 6.31. The van der Waals surface area contributed by atoms with E-state index >= 15 is 0 Å². The van der Waals surface area contributed by atoms with Gasteiger partial charge in [0.25, 0.3) is 0 Å². The number of carbonyl (C=O) groups is 2. The second-order valence-corrected chi connectivity index (χ2v) is 7.56. The van der Waals surface area contributed by atoms with Gasteiger partial charge in [0, 0.05) is 29.7 Å². The zero-order valence-electron chi connectivity index (χ0n) is 14.7. The molecular formula is C20H20BrN3O3. The summed E-state index contributed by atoms with van der Waals surface area (Å²) in [6, 6.07) is 13.3. The molecule has 2 amide bonds. The normalized spacial score (nSPS) is 19.2. The van der Waals surface area contributed by atoms with Gasteiger partial charge in [0.1, 0.15) is 0 Å². The van der Waals surface area contributed by atoms with Gasteiger partial charge in [-0.2, -0.15) is 0 Å². The summed E-state index contributed by atoms with van der Waals surface area (Å²) in [4.78, 5) is 27.3. The maximum Gasteiger partial charge on any atom is 0.232 e. The lowest BCUT2D eigenvalue weighted by molar-refractivity contribution is -0.123. The third kappa shape index (κ3) is 3.84. The molecule has 7 heteroatoms. The summed E-state index contributed by atoms with van der Waals surface area (Å²) in [5.41, 5.74) is 3.25. The number of carbonyl (C=O) groups excluding carboxylic acids is 2. The Kier molecular flexibility index (Phi) is 5.13. The van der Waals surface area contributed by atoms with Gasteiger partial charge < -0.3 is 20.3 Å². The van der Waals surface area contributed by atoms with Crippen LogP contribution in [0.15, 0.2) is 46.9 Å². The van der Waals surface area contributed by atoms with E-state index in [4.69, 9.17) is 4.74 Å². The zero-order chi connectivity index (χ0) is 18.8. The van der Waals surface area contributed by atoms with Crippen molar-refractivity contribution in [1.82, 2.24) is 0 Å². The molecule has 1 fully saturated rings. The summed E-state index contributed by atoms with van der Waals surface area (Å²) >= 11 is 3.48. The fraction of sp³-hybridized carbons (Fsp3) is 0.300. The van der Waals surface area contributed by atoms with Crippen molar-refractivity contribution in [2.45, 2.75) is 12.3 Å². The van der Waals surface area contributed by atoms with Crippen LogP contribution in [0, 0.1) is 0 Å². The lowest BCUT2D eigenvalue weighted by Gasteiger charge is -2.31. The van der Waals surface area contributed by atoms with E-state index in [-0.39, 0.29) is 18.2 Å². The Bertz CT molecular complexity index is 881. The van der Waals surface area contributed by atoms with Crippen molar-refractivity contribution in [1.29, 1.82) is 0 Å². The van der Waals surface area contributed by atoms with Crippen LogP contribution < -0.4 is 15.5 Å². The lowest BCUT2D eigenvalue weighted by atomic mass is 9.89. The molecule has 1 atom stereocenters. The predicted molar refractivity (Wildman–Crippen MR) is 108 cm³/mol. The second kappa shape index (κ2) is 7.70. The molecule has 2 N–H and O–H groups in total. The maximum absolute atomic E-state index is 13.1. The highest BCUT2D eigenvalue weighted by molar-refractivity contribution is 9.10. The average Bonchev–Trinajstić information content (AvgIpc) is 2.68. The largest absolute Gasteiger partial charge is 0.378 e. The molecule has 1 saturated heterocycles. The molecule has 0 bridgehead atoms. The molecule has 2 aliphatic heterocycles. The Morgan fingerprint density at radius 1 is 1.19 bits per heavy atom. The van der Waals surface area contributed by atoms with Crippen LogP contribution in [0.25, 0.3) is 0 Å². The Labute approximate surface area is 166 Å². The van der Waals surface area contributed by atoms with Crippen LogP contribution in [0.4, 0.5) is 17.1 Å². The lowest BCUT2D eigenvalue weighted by Crippen LogP contribution is -2.37. The Morgan fingerprint density at radius 3 is 2.78 bits per heavy atom. The average molecular weight is 430 g/mol. The Hall–Kier alpha value is -2.38. The predicted octanol–water partition coefficient (Wildman–Crippen LogP) is 3.35. The van der Waals surface area contributed by atoms with Crippen LogP contribution in [0.3, 0.4) is 0 Å². The molecular weight excluding hydrogens is 410 g/mol. The monoisotopic (exact) mass is 429 g/mol. The van der Waals surface area contributed by atoms with E-state index < -0.39 is 5.92 Å². The summed E-state index contributed by atoms with van der Waals surface area (Å²) in [5, 5.41) is 5.88. The van der Waals surface area contributed by atoms with Crippen molar-refractivity contribution >= 4 is 44.8 Å². The molecule has 0 saturated carbocycles. The van der Waals surface area contributed by atoms with E-state index in [1.165, 1.54) is 0 Å². The molecule has 2 aromatic rings. The number of para-hydroxylation sites is 1. The highest BCUT2D eigenvalue weighted by Crippen LogP contribution is 2.35. The molecule has 0 aliphatic carbocycles. The number of ether oxygens (including phenoxy) is 1. The van der Waals surface area contributed by atoms with Gasteiger partial charge in [0.15, 0.2) is 0 Å². The van der Waals surface area contributed by atoms with E-state index in [0.29, 0.717) is 18.9 Å². The van der Waals surface area contributed by atoms with E-state index in [1.54, 1.807) is 0 Å². The van der Waals surface area contributed by atoms with E-state index in [2.05, 4.69) is 31.5 Å². The topological polar surface area (TPSA) is 70.7 Å². The first-order valence-electron chi connectivity index (χ1n) is 8.94. The molecule has 0 radical (unpaired) electrons. The number of amides is 2. The fourth-order valence-corrected chi connectivity index (χ4v) is 3.91. The first-order chi connectivity index (χ1) is 13.1. The molecule has 2 aliphatic rings. The smallest absolute Gasteiger partial charge is 0.232 e. The molecule has 0 aromatic heterocycles. The highest BCUT2D eigenvalue weighted by atomic mass is 79.9.